The summed E-state index contributed by atoms with van der Waals surface area (Å²) >= 11 is 0. The largest absolute Gasteiger partial charge is 0.323 e. The Morgan fingerprint density at radius 3 is 2.67 bits per heavy atom. The van der Waals surface area contributed by atoms with Gasteiger partial charge in [-0.05, 0) is 12.0 Å². The van der Waals surface area contributed by atoms with Gasteiger partial charge in [-0.3, -0.25) is 10.8 Å². The molecule has 0 atom stereocenters. The van der Waals surface area contributed by atoms with Crippen molar-refractivity contribution in [3.63, 3.8) is 0 Å². The van der Waals surface area contributed by atoms with Crippen LogP contribution < -0.4 is 11.3 Å². The molecule has 1 heterocycles. The molecule has 0 spiro atoms. The number of nitrogen functional groups attached to an aromatic ring is 1. The molecule has 0 unspecified atom stereocenters. The van der Waals surface area contributed by atoms with Gasteiger partial charge < -0.3 is 5.43 Å². The highest BCUT2D eigenvalue weighted by Gasteiger charge is 2.26. The predicted octanol–water partition coefficient (Wildman–Crippen LogP) is 1.03. The Balaban J connectivity index is 3.18. The van der Waals surface area contributed by atoms with Gasteiger partial charge in [0.2, 0.25) is 10.0 Å². The summed E-state index contributed by atoms with van der Waals surface area (Å²) in [6.45, 7) is 6.65. The summed E-state index contributed by atoms with van der Waals surface area (Å²) in [5, 5.41) is 0. The molecule has 0 aromatic carbocycles. The zero-order valence-electron chi connectivity index (χ0n) is 10.9. The van der Waals surface area contributed by atoms with Crippen LogP contribution in [-0.2, 0) is 10.0 Å². The van der Waals surface area contributed by atoms with E-state index in [0.29, 0.717) is 18.8 Å². The Bertz CT molecular complexity index is 488. The summed E-state index contributed by atoms with van der Waals surface area (Å²) in [7, 11) is -3.56. The number of sulfonamides is 1. The van der Waals surface area contributed by atoms with Gasteiger partial charge in [0.15, 0.2) is 0 Å². The lowest BCUT2D eigenvalue weighted by molar-refractivity contribution is 0.381. The van der Waals surface area contributed by atoms with Crippen molar-refractivity contribution in [2.45, 2.75) is 25.7 Å². The number of hydrogen-bond acceptors (Lipinski definition) is 5. The molecule has 1 rings (SSSR count). The van der Waals surface area contributed by atoms with E-state index in [1.807, 2.05) is 20.8 Å². The van der Waals surface area contributed by atoms with Crippen LogP contribution in [0.25, 0.3) is 0 Å². The van der Waals surface area contributed by atoms with Crippen LogP contribution in [0.5, 0.6) is 0 Å². The first kappa shape index (κ1) is 14.9. The fourth-order valence-corrected chi connectivity index (χ4v) is 3.36. The molecule has 1 aromatic rings. The summed E-state index contributed by atoms with van der Waals surface area (Å²) in [6, 6.07) is 1.54. The van der Waals surface area contributed by atoms with E-state index in [1.54, 1.807) is 0 Å². The third kappa shape index (κ3) is 3.18. The van der Waals surface area contributed by atoms with Crippen molar-refractivity contribution in [1.29, 1.82) is 0 Å². The topological polar surface area (TPSA) is 88.3 Å². The van der Waals surface area contributed by atoms with Gasteiger partial charge in [-0.1, -0.05) is 20.8 Å². The molecule has 0 saturated heterocycles. The highest BCUT2D eigenvalue weighted by molar-refractivity contribution is 7.89. The standard InChI is InChI=1S/C11H20N4O2S/c1-4-15(8-9(2)3)18(16,17)11-7-13-6-5-10(11)14-12/h5-7,9H,4,8,12H2,1-3H3,(H,13,14). The Morgan fingerprint density at radius 2 is 2.17 bits per heavy atom. The first-order valence-corrected chi connectivity index (χ1v) is 7.28. The molecular formula is C11H20N4O2S. The normalized spacial score (nSPS) is 12.1. The summed E-state index contributed by atoms with van der Waals surface area (Å²) in [5.74, 6) is 5.58. The van der Waals surface area contributed by atoms with Crippen LogP contribution in [0.4, 0.5) is 5.69 Å². The van der Waals surface area contributed by atoms with Crippen molar-refractivity contribution in [1.82, 2.24) is 9.29 Å². The smallest absolute Gasteiger partial charge is 0.246 e. The van der Waals surface area contributed by atoms with Crippen molar-refractivity contribution in [2.24, 2.45) is 11.8 Å². The minimum atomic E-state index is -3.56. The SMILES string of the molecule is CCN(CC(C)C)S(=O)(=O)c1cnccc1NN. The second kappa shape index (κ2) is 6.12. The van der Waals surface area contributed by atoms with Gasteiger partial charge in [0.1, 0.15) is 4.90 Å². The van der Waals surface area contributed by atoms with E-state index in [4.69, 9.17) is 5.84 Å². The number of rotatable bonds is 6. The van der Waals surface area contributed by atoms with Gasteiger partial charge in [0, 0.05) is 25.5 Å². The van der Waals surface area contributed by atoms with Crippen molar-refractivity contribution in [3.05, 3.63) is 18.5 Å². The molecule has 0 aliphatic heterocycles. The number of hydrogen-bond donors (Lipinski definition) is 2. The zero-order valence-corrected chi connectivity index (χ0v) is 11.7. The van der Waals surface area contributed by atoms with Crippen LogP contribution in [-0.4, -0.2) is 30.8 Å². The van der Waals surface area contributed by atoms with Crippen LogP contribution in [0.2, 0.25) is 0 Å². The second-order valence-corrected chi connectivity index (χ2v) is 6.27. The van der Waals surface area contributed by atoms with Crippen LogP contribution in [0.15, 0.2) is 23.4 Å². The van der Waals surface area contributed by atoms with Crippen LogP contribution in [0.3, 0.4) is 0 Å². The van der Waals surface area contributed by atoms with E-state index in [0.717, 1.165) is 0 Å². The monoisotopic (exact) mass is 272 g/mol. The van der Waals surface area contributed by atoms with E-state index in [-0.39, 0.29) is 10.8 Å². The predicted molar refractivity (Wildman–Crippen MR) is 71.3 cm³/mol. The lowest BCUT2D eigenvalue weighted by Crippen LogP contribution is -2.34. The summed E-state index contributed by atoms with van der Waals surface area (Å²) in [5.41, 5.74) is 2.74. The average Bonchev–Trinajstić information content (AvgIpc) is 2.35. The first-order chi connectivity index (χ1) is 8.43. The number of nitrogens with zero attached hydrogens (tertiary/aromatic N) is 2. The van der Waals surface area contributed by atoms with Gasteiger partial charge >= 0.3 is 0 Å². The van der Waals surface area contributed by atoms with E-state index < -0.39 is 10.0 Å². The van der Waals surface area contributed by atoms with Gasteiger partial charge in [-0.2, -0.15) is 4.31 Å². The maximum Gasteiger partial charge on any atom is 0.246 e. The Morgan fingerprint density at radius 1 is 1.50 bits per heavy atom. The molecule has 6 nitrogen and oxygen atoms in total. The summed E-state index contributed by atoms with van der Waals surface area (Å²) in [4.78, 5) is 3.96. The number of aromatic nitrogens is 1. The number of anilines is 1. The van der Waals surface area contributed by atoms with Gasteiger partial charge in [0.25, 0.3) is 0 Å². The number of nitrogens with two attached hydrogens (primary N) is 1. The lowest BCUT2D eigenvalue weighted by Gasteiger charge is -2.23. The second-order valence-electron chi connectivity index (χ2n) is 4.37. The van der Waals surface area contributed by atoms with Gasteiger partial charge in [-0.25, -0.2) is 8.42 Å². The Hall–Kier alpha value is -1.18. The highest BCUT2D eigenvalue weighted by Crippen LogP contribution is 2.23. The molecule has 102 valence electrons. The Kier molecular flexibility index (Phi) is 5.06. The highest BCUT2D eigenvalue weighted by atomic mass is 32.2. The van der Waals surface area contributed by atoms with E-state index in [1.165, 1.54) is 22.8 Å². The van der Waals surface area contributed by atoms with Gasteiger partial charge in [0.05, 0.1) is 5.69 Å². The van der Waals surface area contributed by atoms with Crippen molar-refractivity contribution >= 4 is 15.7 Å². The minimum Gasteiger partial charge on any atom is -0.323 e. The van der Waals surface area contributed by atoms with E-state index in [9.17, 15) is 8.42 Å². The number of hydrazine groups is 1. The third-order valence-electron chi connectivity index (χ3n) is 2.48. The molecule has 18 heavy (non-hydrogen) atoms. The van der Waals surface area contributed by atoms with Crippen molar-refractivity contribution in [2.75, 3.05) is 18.5 Å². The van der Waals surface area contributed by atoms with Crippen LogP contribution in [0.1, 0.15) is 20.8 Å². The summed E-state index contributed by atoms with van der Waals surface area (Å²) in [6.07, 6.45) is 2.81. The molecular weight excluding hydrogens is 252 g/mol. The van der Waals surface area contributed by atoms with E-state index >= 15 is 0 Å². The Labute approximate surface area is 108 Å². The maximum atomic E-state index is 12.5. The molecule has 1 aromatic heterocycles. The number of nitrogens with one attached hydrogen (secondary N) is 1. The molecule has 0 aliphatic carbocycles. The van der Waals surface area contributed by atoms with E-state index in [2.05, 4.69) is 10.4 Å². The maximum absolute atomic E-state index is 12.5. The molecule has 0 saturated carbocycles. The van der Waals surface area contributed by atoms with Crippen LogP contribution in [0, 0.1) is 5.92 Å². The molecule has 0 amide bonds. The fourth-order valence-electron chi connectivity index (χ4n) is 1.65. The quantitative estimate of drug-likeness (QED) is 0.596. The molecule has 3 N–H and O–H groups in total. The summed E-state index contributed by atoms with van der Waals surface area (Å²) < 4.78 is 26.4. The van der Waals surface area contributed by atoms with Crippen LogP contribution >= 0.6 is 0 Å². The first-order valence-electron chi connectivity index (χ1n) is 5.84. The molecule has 0 bridgehead atoms. The fraction of sp³-hybridized carbons (Fsp3) is 0.545. The van der Waals surface area contributed by atoms with Gasteiger partial charge in [-0.15, -0.1) is 0 Å². The van der Waals surface area contributed by atoms with Crippen molar-refractivity contribution in [3.8, 4) is 0 Å². The van der Waals surface area contributed by atoms with Crippen molar-refractivity contribution < 1.29 is 8.42 Å². The molecule has 0 fully saturated rings. The third-order valence-corrected chi connectivity index (χ3v) is 4.45. The molecule has 0 radical (unpaired) electrons. The molecule has 0 aliphatic rings. The lowest BCUT2D eigenvalue weighted by atomic mass is 10.2. The minimum absolute atomic E-state index is 0.106. The number of pyridine rings is 1. The molecule has 7 heteroatoms. The zero-order chi connectivity index (χ0) is 13.8. The average molecular weight is 272 g/mol.